The molecule has 0 aromatic carbocycles. The maximum absolute atomic E-state index is 9.97. The molecule has 1 fully saturated rings. The van der Waals surface area contributed by atoms with Crippen molar-refractivity contribution in [1.29, 1.82) is 0 Å². The Morgan fingerprint density at radius 1 is 1.42 bits per heavy atom. The lowest BCUT2D eigenvalue weighted by molar-refractivity contribution is -0.0486. The fraction of sp³-hybridized carbons (Fsp3) is 0.500. The Bertz CT molecular complexity index is 615. The summed E-state index contributed by atoms with van der Waals surface area (Å²) in [4.78, 5) is 12.0. The predicted octanol–water partition coefficient (Wildman–Crippen LogP) is -1.37. The summed E-state index contributed by atoms with van der Waals surface area (Å²) in [7, 11) is 0. The minimum atomic E-state index is -0.757. The zero-order valence-electron chi connectivity index (χ0n) is 9.97. The Hall–Kier alpha value is -1.97. The number of nitrogens with zero attached hydrogens (tertiary/aromatic N) is 4. The van der Waals surface area contributed by atoms with Crippen LogP contribution in [0, 0.1) is 0 Å². The molecule has 3 rings (SSSR count). The van der Waals surface area contributed by atoms with E-state index in [0.717, 1.165) is 0 Å². The van der Waals surface area contributed by atoms with Gasteiger partial charge in [-0.05, 0) is 0 Å². The van der Waals surface area contributed by atoms with E-state index < -0.39 is 18.4 Å². The van der Waals surface area contributed by atoms with Crippen LogP contribution < -0.4 is 11.5 Å². The van der Waals surface area contributed by atoms with Crippen molar-refractivity contribution in [3.63, 3.8) is 0 Å². The van der Waals surface area contributed by atoms with Crippen LogP contribution in [0.2, 0.25) is 0 Å². The lowest BCUT2D eigenvalue weighted by Gasteiger charge is -2.16. The highest BCUT2D eigenvalue weighted by Crippen LogP contribution is 2.31. The molecule has 0 bridgehead atoms. The Morgan fingerprint density at radius 2 is 2.21 bits per heavy atom. The van der Waals surface area contributed by atoms with Gasteiger partial charge in [-0.3, -0.25) is 4.57 Å². The van der Waals surface area contributed by atoms with Gasteiger partial charge in [0.05, 0.1) is 19.0 Å². The van der Waals surface area contributed by atoms with Crippen LogP contribution in [0.25, 0.3) is 11.2 Å². The summed E-state index contributed by atoms with van der Waals surface area (Å²) in [6, 6.07) is 0. The zero-order valence-corrected chi connectivity index (χ0v) is 9.97. The van der Waals surface area contributed by atoms with Crippen LogP contribution in [0.4, 0.5) is 11.8 Å². The number of nitrogens with two attached hydrogens (primary N) is 2. The first-order valence-corrected chi connectivity index (χ1v) is 5.80. The molecule has 2 aromatic rings. The lowest BCUT2D eigenvalue weighted by atomic mass is 10.2. The first kappa shape index (κ1) is 12.1. The summed E-state index contributed by atoms with van der Waals surface area (Å²) in [6.45, 7) is -0.153. The topological polar surface area (TPSA) is 145 Å². The van der Waals surface area contributed by atoms with Gasteiger partial charge in [0.15, 0.2) is 17.7 Å². The Kier molecular flexibility index (Phi) is 2.73. The second-order valence-corrected chi connectivity index (χ2v) is 4.43. The largest absolute Gasteiger partial charge is 0.394 e. The van der Waals surface area contributed by atoms with Crippen LogP contribution in [-0.2, 0) is 4.74 Å². The number of aliphatic hydroxyl groups is 2. The van der Waals surface area contributed by atoms with Crippen LogP contribution >= 0.6 is 0 Å². The number of nitrogen functional groups attached to an aromatic ring is 2. The summed E-state index contributed by atoms with van der Waals surface area (Å²) < 4.78 is 7.08. The van der Waals surface area contributed by atoms with Gasteiger partial charge in [-0.25, -0.2) is 4.98 Å². The molecule has 0 spiro atoms. The number of fused-ring (bicyclic) bond motifs is 1. The fourth-order valence-corrected chi connectivity index (χ4v) is 2.24. The Labute approximate surface area is 107 Å². The quantitative estimate of drug-likeness (QED) is 0.521. The molecule has 9 heteroatoms. The minimum Gasteiger partial charge on any atom is -0.394 e. The Morgan fingerprint density at radius 3 is 2.89 bits per heavy atom. The third-order valence-corrected chi connectivity index (χ3v) is 3.11. The third-order valence-electron chi connectivity index (χ3n) is 3.11. The number of imidazole rings is 1. The molecule has 1 saturated heterocycles. The summed E-state index contributed by atoms with van der Waals surface area (Å²) in [5.74, 6) is 0.199. The average Bonchev–Trinajstić information content (AvgIpc) is 2.92. The van der Waals surface area contributed by atoms with E-state index in [1.807, 2.05) is 0 Å². The van der Waals surface area contributed by atoms with Gasteiger partial charge in [-0.15, -0.1) is 0 Å². The first-order valence-electron chi connectivity index (χ1n) is 5.80. The maximum Gasteiger partial charge on any atom is 0.224 e. The van der Waals surface area contributed by atoms with Gasteiger partial charge in [-0.2, -0.15) is 9.97 Å². The molecule has 1 aliphatic rings. The molecule has 0 amide bonds. The van der Waals surface area contributed by atoms with Crippen molar-refractivity contribution in [2.24, 2.45) is 0 Å². The van der Waals surface area contributed by atoms with Gasteiger partial charge >= 0.3 is 0 Å². The van der Waals surface area contributed by atoms with Gasteiger partial charge in [-0.1, -0.05) is 0 Å². The van der Waals surface area contributed by atoms with Gasteiger partial charge in [0.2, 0.25) is 5.95 Å². The maximum atomic E-state index is 9.97. The normalized spacial score (nSPS) is 27.2. The predicted molar refractivity (Wildman–Crippen MR) is 65.8 cm³/mol. The molecule has 6 N–H and O–H groups in total. The molecule has 9 nitrogen and oxygen atoms in total. The summed E-state index contributed by atoms with van der Waals surface area (Å²) in [5.41, 5.74) is 12.1. The van der Waals surface area contributed by atoms with Crippen LogP contribution in [0.5, 0.6) is 0 Å². The number of ether oxygens (including phenoxy) is 1. The molecule has 3 unspecified atom stereocenters. The summed E-state index contributed by atoms with van der Waals surface area (Å²) in [6.07, 6.45) is -0.0311. The minimum absolute atomic E-state index is 0.0259. The molecule has 1 aliphatic heterocycles. The van der Waals surface area contributed by atoms with Crippen molar-refractivity contribution in [3.05, 3.63) is 6.33 Å². The highest BCUT2D eigenvalue weighted by molar-refractivity contribution is 5.82. The van der Waals surface area contributed by atoms with Crippen LogP contribution in [-0.4, -0.2) is 48.5 Å². The molecule has 0 saturated carbocycles. The van der Waals surface area contributed by atoms with Crippen molar-refractivity contribution in [3.8, 4) is 0 Å². The number of rotatable bonds is 2. The second kappa shape index (κ2) is 4.30. The number of aromatic nitrogens is 4. The zero-order chi connectivity index (χ0) is 13.6. The van der Waals surface area contributed by atoms with E-state index >= 15 is 0 Å². The lowest BCUT2D eigenvalue weighted by Crippen LogP contribution is -2.19. The molecule has 0 aliphatic carbocycles. The van der Waals surface area contributed by atoms with Gasteiger partial charge in [0.1, 0.15) is 11.6 Å². The highest BCUT2D eigenvalue weighted by atomic mass is 16.5. The van der Waals surface area contributed by atoms with Gasteiger partial charge in [0, 0.05) is 6.42 Å². The standard InChI is InChI=1S/C10H14N6O3/c11-7-6-8(15-10(12)14-7)16(3-13-6)9-5(18)1-4(2-17)19-9/h3-5,9,17-18H,1-2H2,(H4,11,12,14,15). The number of hydrogen-bond acceptors (Lipinski definition) is 8. The van der Waals surface area contributed by atoms with E-state index in [0.29, 0.717) is 17.6 Å². The molecule has 3 heterocycles. The fourth-order valence-electron chi connectivity index (χ4n) is 2.24. The average molecular weight is 266 g/mol. The monoisotopic (exact) mass is 266 g/mol. The molecule has 19 heavy (non-hydrogen) atoms. The van der Waals surface area contributed by atoms with Crippen LogP contribution in [0.1, 0.15) is 12.6 Å². The second-order valence-electron chi connectivity index (χ2n) is 4.43. The smallest absolute Gasteiger partial charge is 0.224 e. The number of aliphatic hydroxyl groups excluding tert-OH is 2. The third kappa shape index (κ3) is 1.87. The van der Waals surface area contributed by atoms with E-state index in [-0.39, 0.29) is 18.4 Å². The summed E-state index contributed by atoms with van der Waals surface area (Å²) >= 11 is 0. The van der Waals surface area contributed by atoms with E-state index in [9.17, 15) is 5.11 Å². The molecule has 0 radical (unpaired) electrons. The van der Waals surface area contributed by atoms with Crippen molar-refractivity contribution >= 4 is 22.9 Å². The van der Waals surface area contributed by atoms with Crippen molar-refractivity contribution in [1.82, 2.24) is 19.5 Å². The molecule has 3 atom stereocenters. The number of anilines is 2. The van der Waals surface area contributed by atoms with Crippen molar-refractivity contribution < 1.29 is 14.9 Å². The SMILES string of the molecule is Nc1nc(N)c2ncn(C3OC(CO)CC3O)c2n1. The molecular weight excluding hydrogens is 252 g/mol. The van der Waals surface area contributed by atoms with E-state index in [4.69, 9.17) is 21.3 Å². The Balaban J connectivity index is 2.06. The van der Waals surface area contributed by atoms with E-state index in [1.54, 1.807) is 4.57 Å². The van der Waals surface area contributed by atoms with Crippen molar-refractivity contribution in [2.75, 3.05) is 18.1 Å². The van der Waals surface area contributed by atoms with Gasteiger partial charge in [0.25, 0.3) is 0 Å². The van der Waals surface area contributed by atoms with Crippen molar-refractivity contribution in [2.45, 2.75) is 24.9 Å². The molecule has 2 aromatic heterocycles. The first-order chi connectivity index (χ1) is 9.10. The van der Waals surface area contributed by atoms with Gasteiger partial charge < -0.3 is 26.4 Å². The molecular formula is C10H14N6O3. The highest BCUT2D eigenvalue weighted by Gasteiger charge is 2.36. The van der Waals surface area contributed by atoms with Crippen LogP contribution in [0.15, 0.2) is 6.33 Å². The summed E-state index contributed by atoms with van der Waals surface area (Å²) in [5, 5.41) is 19.0. The van der Waals surface area contributed by atoms with E-state index in [1.165, 1.54) is 6.33 Å². The van der Waals surface area contributed by atoms with E-state index in [2.05, 4.69) is 15.0 Å². The van der Waals surface area contributed by atoms with Crippen LogP contribution in [0.3, 0.4) is 0 Å². The molecule has 102 valence electrons. The number of hydrogen-bond donors (Lipinski definition) is 4.